The van der Waals surface area contributed by atoms with Crippen molar-refractivity contribution in [3.05, 3.63) is 35.0 Å². The van der Waals surface area contributed by atoms with Gasteiger partial charge in [0, 0.05) is 24.3 Å². The lowest BCUT2D eigenvalue weighted by atomic mass is 10.2. The topological polar surface area (TPSA) is 51.0 Å². The first-order valence-electron chi connectivity index (χ1n) is 5.13. The molecule has 0 fully saturated rings. The first kappa shape index (κ1) is 10.8. The second-order valence-corrected chi connectivity index (χ2v) is 3.94. The second-order valence-electron chi connectivity index (χ2n) is 3.94. The Kier molecular flexibility index (Phi) is 2.96. The zero-order chi connectivity index (χ0) is 11.5. The Morgan fingerprint density at radius 2 is 2.19 bits per heavy atom. The van der Waals surface area contributed by atoms with Crippen LogP contribution < -0.4 is 5.56 Å². The minimum absolute atomic E-state index is 0.0539. The lowest BCUT2D eigenvalue weighted by Gasteiger charge is -2.10. The summed E-state index contributed by atoms with van der Waals surface area (Å²) in [6.07, 6.45) is 4.96. The highest BCUT2D eigenvalue weighted by molar-refractivity contribution is 5.79. The van der Waals surface area contributed by atoms with Gasteiger partial charge in [0.25, 0.3) is 5.56 Å². The van der Waals surface area contributed by atoms with Gasteiger partial charge in [0.1, 0.15) is 0 Å². The molecule has 0 saturated carbocycles. The molecule has 84 valence electrons. The minimum atomic E-state index is -0.0539. The largest absolute Gasteiger partial charge is 0.308 e. The van der Waals surface area contributed by atoms with E-state index in [1.165, 1.54) is 4.68 Å². The molecule has 2 aromatic rings. The molecule has 0 aliphatic rings. The first-order chi connectivity index (χ1) is 7.68. The highest BCUT2D eigenvalue weighted by Crippen LogP contribution is 2.03. The van der Waals surface area contributed by atoms with Crippen molar-refractivity contribution in [3.8, 4) is 0 Å². The number of hydrogen-bond acceptors (Lipinski definition) is 4. The third kappa shape index (κ3) is 2.09. The van der Waals surface area contributed by atoms with E-state index >= 15 is 0 Å². The molecule has 2 rings (SSSR count). The Hall–Kier alpha value is -1.75. The van der Waals surface area contributed by atoms with E-state index in [1.54, 1.807) is 24.7 Å². The molecule has 0 atom stereocenters. The molecule has 0 bridgehead atoms. The van der Waals surface area contributed by atoms with E-state index in [2.05, 4.69) is 10.1 Å². The highest BCUT2D eigenvalue weighted by atomic mass is 16.1. The van der Waals surface area contributed by atoms with Crippen LogP contribution in [0.2, 0.25) is 0 Å². The minimum Gasteiger partial charge on any atom is -0.308 e. The smallest absolute Gasteiger partial charge is 0.274 e. The van der Waals surface area contributed by atoms with Crippen molar-refractivity contribution in [3.63, 3.8) is 0 Å². The van der Waals surface area contributed by atoms with E-state index in [9.17, 15) is 4.79 Å². The summed E-state index contributed by atoms with van der Waals surface area (Å²) in [7, 11) is 3.94. The van der Waals surface area contributed by atoms with E-state index in [4.69, 9.17) is 0 Å². The summed E-state index contributed by atoms with van der Waals surface area (Å²) in [6, 6.07) is 1.73. The van der Waals surface area contributed by atoms with E-state index in [0.29, 0.717) is 11.9 Å². The molecule has 0 spiro atoms. The number of likely N-dealkylation sites (N-methyl/N-ethyl adjacent to an activating group) is 1. The molecular weight excluding hydrogens is 204 g/mol. The SMILES string of the molecule is CN(C)CCn1ncc2cnccc2c1=O. The maximum atomic E-state index is 12.0. The van der Waals surface area contributed by atoms with Gasteiger partial charge >= 0.3 is 0 Å². The van der Waals surface area contributed by atoms with Crippen molar-refractivity contribution in [2.45, 2.75) is 6.54 Å². The standard InChI is InChI=1S/C11H14N4O/c1-14(2)5-6-15-11(16)10-3-4-12-7-9(10)8-13-15/h3-4,7-8H,5-6H2,1-2H3. The summed E-state index contributed by atoms with van der Waals surface area (Å²) in [5.74, 6) is 0. The fourth-order valence-electron chi connectivity index (χ4n) is 1.48. The number of hydrogen-bond donors (Lipinski definition) is 0. The summed E-state index contributed by atoms with van der Waals surface area (Å²) in [5, 5.41) is 5.57. The third-order valence-corrected chi connectivity index (χ3v) is 2.41. The normalized spacial score (nSPS) is 11.2. The van der Waals surface area contributed by atoms with Crippen molar-refractivity contribution in [1.82, 2.24) is 19.7 Å². The lowest BCUT2D eigenvalue weighted by molar-refractivity contribution is 0.368. The highest BCUT2D eigenvalue weighted by Gasteiger charge is 2.03. The van der Waals surface area contributed by atoms with E-state index in [0.717, 1.165) is 11.9 Å². The predicted octanol–water partition coefficient (Wildman–Crippen LogP) is 0.353. The molecule has 0 radical (unpaired) electrons. The molecule has 0 saturated heterocycles. The molecule has 2 heterocycles. The number of fused-ring (bicyclic) bond motifs is 1. The van der Waals surface area contributed by atoms with Gasteiger partial charge in [-0.3, -0.25) is 9.78 Å². The van der Waals surface area contributed by atoms with Crippen LogP contribution in [-0.4, -0.2) is 40.3 Å². The Morgan fingerprint density at radius 3 is 2.94 bits per heavy atom. The number of rotatable bonds is 3. The molecule has 0 aromatic carbocycles. The molecular formula is C11H14N4O. The van der Waals surface area contributed by atoms with Gasteiger partial charge in [0.2, 0.25) is 0 Å². The fraction of sp³-hybridized carbons (Fsp3) is 0.364. The zero-order valence-electron chi connectivity index (χ0n) is 9.42. The van der Waals surface area contributed by atoms with Crippen molar-refractivity contribution in [2.24, 2.45) is 0 Å². The summed E-state index contributed by atoms with van der Waals surface area (Å²) < 4.78 is 1.49. The van der Waals surface area contributed by atoms with Gasteiger partial charge in [0.05, 0.1) is 18.1 Å². The van der Waals surface area contributed by atoms with Crippen LogP contribution in [0.4, 0.5) is 0 Å². The Bertz CT molecular complexity index is 547. The average Bonchev–Trinajstić information content (AvgIpc) is 2.28. The summed E-state index contributed by atoms with van der Waals surface area (Å²) in [4.78, 5) is 18.0. The lowest BCUT2D eigenvalue weighted by Crippen LogP contribution is -2.28. The van der Waals surface area contributed by atoms with Crippen LogP contribution in [0.25, 0.3) is 10.8 Å². The van der Waals surface area contributed by atoms with Crippen molar-refractivity contribution >= 4 is 10.8 Å². The Balaban J connectivity index is 2.41. The van der Waals surface area contributed by atoms with Gasteiger partial charge in [0.15, 0.2) is 0 Å². The van der Waals surface area contributed by atoms with Gasteiger partial charge in [-0.25, -0.2) is 4.68 Å². The fourth-order valence-corrected chi connectivity index (χ4v) is 1.48. The van der Waals surface area contributed by atoms with E-state index < -0.39 is 0 Å². The predicted molar refractivity (Wildman–Crippen MR) is 62.4 cm³/mol. The summed E-state index contributed by atoms with van der Waals surface area (Å²) in [6.45, 7) is 1.40. The van der Waals surface area contributed by atoms with Crippen LogP contribution in [0.5, 0.6) is 0 Å². The third-order valence-electron chi connectivity index (χ3n) is 2.41. The summed E-state index contributed by atoms with van der Waals surface area (Å²) >= 11 is 0. The van der Waals surface area contributed by atoms with Gasteiger partial charge in [-0.15, -0.1) is 0 Å². The van der Waals surface area contributed by atoms with Crippen LogP contribution in [0.1, 0.15) is 0 Å². The van der Waals surface area contributed by atoms with Crippen LogP contribution in [0.3, 0.4) is 0 Å². The van der Waals surface area contributed by atoms with Crippen molar-refractivity contribution < 1.29 is 0 Å². The van der Waals surface area contributed by atoms with Gasteiger partial charge in [-0.05, 0) is 20.2 Å². The van der Waals surface area contributed by atoms with Gasteiger partial charge in [-0.1, -0.05) is 0 Å². The van der Waals surface area contributed by atoms with Crippen LogP contribution >= 0.6 is 0 Å². The van der Waals surface area contributed by atoms with E-state index in [-0.39, 0.29) is 5.56 Å². The quantitative estimate of drug-likeness (QED) is 0.746. The monoisotopic (exact) mass is 218 g/mol. The van der Waals surface area contributed by atoms with Crippen LogP contribution in [0.15, 0.2) is 29.5 Å². The molecule has 0 unspecified atom stereocenters. The van der Waals surface area contributed by atoms with Gasteiger partial charge < -0.3 is 4.90 Å². The second kappa shape index (κ2) is 4.40. The molecule has 5 nitrogen and oxygen atoms in total. The number of nitrogens with zero attached hydrogens (tertiary/aromatic N) is 4. The molecule has 5 heteroatoms. The van der Waals surface area contributed by atoms with Crippen molar-refractivity contribution in [2.75, 3.05) is 20.6 Å². The molecule has 16 heavy (non-hydrogen) atoms. The number of aromatic nitrogens is 3. The molecule has 0 amide bonds. The average molecular weight is 218 g/mol. The summed E-state index contributed by atoms with van der Waals surface area (Å²) in [5.41, 5.74) is -0.0539. The first-order valence-corrected chi connectivity index (χ1v) is 5.13. The Labute approximate surface area is 93.3 Å². The molecule has 0 aliphatic heterocycles. The maximum absolute atomic E-state index is 12.0. The van der Waals surface area contributed by atoms with Crippen LogP contribution in [0, 0.1) is 0 Å². The zero-order valence-corrected chi connectivity index (χ0v) is 9.42. The molecule has 0 aliphatic carbocycles. The van der Waals surface area contributed by atoms with Crippen LogP contribution in [-0.2, 0) is 6.54 Å². The van der Waals surface area contributed by atoms with Crippen molar-refractivity contribution in [1.29, 1.82) is 0 Å². The number of pyridine rings is 1. The van der Waals surface area contributed by atoms with E-state index in [1.807, 2.05) is 19.0 Å². The maximum Gasteiger partial charge on any atom is 0.274 e. The molecule has 0 N–H and O–H groups in total. The Morgan fingerprint density at radius 1 is 1.38 bits per heavy atom. The molecule has 2 aromatic heterocycles. The van der Waals surface area contributed by atoms with Gasteiger partial charge in [-0.2, -0.15) is 5.10 Å².